The normalized spacial score (nSPS) is 24.4. The summed E-state index contributed by atoms with van der Waals surface area (Å²) in [4.78, 5) is 2.56. The summed E-state index contributed by atoms with van der Waals surface area (Å²) in [5, 5.41) is 0. The molecule has 0 bridgehead atoms. The predicted octanol–water partition coefficient (Wildman–Crippen LogP) is 3.57. The quantitative estimate of drug-likeness (QED) is 0.856. The van der Waals surface area contributed by atoms with E-state index in [1.165, 1.54) is 31.6 Å². The average Bonchev–Trinajstić information content (AvgIpc) is 3.17. The van der Waals surface area contributed by atoms with Crippen molar-refractivity contribution in [2.45, 2.75) is 31.8 Å². The molecule has 0 saturated carbocycles. The van der Waals surface area contributed by atoms with Gasteiger partial charge in [-0.1, -0.05) is 12.1 Å². The second kappa shape index (κ2) is 4.92. The average molecular weight is 282 g/mol. The minimum Gasteiger partial charge on any atom is -0.479 e. The summed E-state index contributed by atoms with van der Waals surface area (Å²) in [6.45, 7) is 5.83. The van der Waals surface area contributed by atoms with Gasteiger partial charge in [0.25, 0.3) is 0 Å². The highest BCUT2D eigenvalue weighted by molar-refractivity contribution is 5.51. The SMILES string of the molecule is CC1(CCN2CCCC2)Oc2ccccc2-n2cccc21. The summed E-state index contributed by atoms with van der Waals surface area (Å²) in [5.74, 6) is 0.991. The third kappa shape index (κ3) is 2.16. The molecular weight excluding hydrogens is 260 g/mol. The zero-order valence-corrected chi connectivity index (χ0v) is 12.6. The van der Waals surface area contributed by atoms with Crippen molar-refractivity contribution in [1.29, 1.82) is 0 Å². The van der Waals surface area contributed by atoms with Crippen molar-refractivity contribution in [3.8, 4) is 11.4 Å². The Kier molecular flexibility index (Phi) is 3.03. The van der Waals surface area contributed by atoms with Crippen molar-refractivity contribution in [3.63, 3.8) is 0 Å². The predicted molar refractivity (Wildman–Crippen MR) is 84.0 cm³/mol. The van der Waals surface area contributed by atoms with Gasteiger partial charge >= 0.3 is 0 Å². The maximum absolute atomic E-state index is 6.42. The summed E-state index contributed by atoms with van der Waals surface area (Å²) in [6.07, 6.45) is 5.86. The molecule has 2 aliphatic heterocycles. The van der Waals surface area contributed by atoms with Crippen molar-refractivity contribution >= 4 is 0 Å². The smallest absolute Gasteiger partial charge is 0.148 e. The van der Waals surface area contributed by atoms with E-state index >= 15 is 0 Å². The number of fused-ring (bicyclic) bond motifs is 3. The number of likely N-dealkylation sites (tertiary alicyclic amines) is 1. The molecule has 3 heterocycles. The topological polar surface area (TPSA) is 17.4 Å². The number of benzene rings is 1. The lowest BCUT2D eigenvalue weighted by Gasteiger charge is -2.38. The fraction of sp³-hybridized carbons (Fsp3) is 0.444. The van der Waals surface area contributed by atoms with E-state index in [1.807, 2.05) is 6.07 Å². The molecular formula is C18H22N2O. The van der Waals surface area contributed by atoms with Gasteiger partial charge in [-0.3, -0.25) is 0 Å². The van der Waals surface area contributed by atoms with Gasteiger partial charge < -0.3 is 14.2 Å². The van der Waals surface area contributed by atoms with Crippen LogP contribution in [0.25, 0.3) is 5.69 Å². The van der Waals surface area contributed by atoms with Crippen LogP contribution in [-0.4, -0.2) is 29.1 Å². The Morgan fingerprint density at radius 1 is 1.10 bits per heavy atom. The van der Waals surface area contributed by atoms with Crippen LogP contribution in [0, 0.1) is 0 Å². The third-order valence-corrected chi connectivity index (χ3v) is 4.85. The number of para-hydroxylation sites is 2. The monoisotopic (exact) mass is 282 g/mol. The summed E-state index contributed by atoms with van der Waals surface area (Å²) >= 11 is 0. The van der Waals surface area contributed by atoms with E-state index in [9.17, 15) is 0 Å². The second-order valence-corrected chi connectivity index (χ2v) is 6.36. The van der Waals surface area contributed by atoms with E-state index in [1.54, 1.807) is 0 Å². The number of nitrogens with zero attached hydrogens (tertiary/aromatic N) is 2. The van der Waals surface area contributed by atoms with Crippen molar-refractivity contribution in [2.24, 2.45) is 0 Å². The molecule has 0 N–H and O–H groups in total. The molecule has 0 spiro atoms. The molecule has 0 aliphatic carbocycles. The molecule has 21 heavy (non-hydrogen) atoms. The molecule has 1 atom stereocenters. The first-order valence-electron chi connectivity index (χ1n) is 7.95. The minimum absolute atomic E-state index is 0.236. The molecule has 0 radical (unpaired) electrons. The van der Waals surface area contributed by atoms with Crippen LogP contribution < -0.4 is 4.74 Å². The van der Waals surface area contributed by atoms with E-state index in [0.29, 0.717) is 0 Å². The fourth-order valence-electron chi connectivity index (χ4n) is 3.62. The zero-order chi connectivity index (χ0) is 14.3. The van der Waals surface area contributed by atoms with Crippen LogP contribution in [0.1, 0.15) is 31.9 Å². The highest BCUT2D eigenvalue weighted by Crippen LogP contribution is 2.41. The molecule has 3 heteroatoms. The van der Waals surface area contributed by atoms with E-state index in [0.717, 1.165) is 24.4 Å². The molecule has 4 rings (SSSR count). The summed E-state index contributed by atoms with van der Waals surface area (Å²) < 4.78 is 8.70. The van der Waals surface area contributed by atoms with Gasteiger partial charge in [0, 0.05) is 19.2 Å². The largest absolute Gasteiger partial charge is 0.479 e. The standard InChI is InChI=1S/C18H22N2O/c1-18(10-14-19-11-4-5-12-19)17-9-6-13-20(17)15-7-2-3-8-16(15)21-18/h2-3,6-9,13H,4-5,10-12,14H2,1H3. The first kappa shape index (κ1) is 13.0. The molecule has 1 aromatic heterocycles. The van der Waals surface area contributed by atoms with Gasteiger partial charge in [-0.15, -0.1) is 0 Å². The molecule has 2 aromatic rings. The molecule has 0 amide bonds. The maximum atomic E-state index is 6.42. The molecule has 1 unspecified atom stereocenters. The van der Waals surface area contributed by atoms with Crippen molar-refractivity contribution in [2.75, 3.05) is 19.6 Å². The number of ether oxygens (including phenoxy) is 1. The lowest BCUT2D eigenvalue weighted by Crippen LogP contribution is -2.38. The van der Waals surface area contributed by atoms with Gasteiger partial charge in [0.2, 0.25) is 0 Å². The van der Waals surface area contributed by atoms with Crippen LogP contribution in [0.15, 0.2) is 42.6 Å². The van der Waals surface area contributed by atoms with Crippen LogP contribution >= 0.6 is 0 Å². The Morgan fingerprint density at radius 3 is 2.76 bits per heavy atom. The van der Waals surface area contributed by atoms with Gasteiger partial charge in [-0.2, -0.15) is 0 Å². The van der Waals surface area contributed by atoms with Crippen molar-refractivity contribution in [3.05, 3.63) is 48.3 Å². The Hall–Kier alpha value is -1.74. The third-order valence-electron chi connectivity index (χ3n) is 4.85. The highest BCUT2D eigenvalue weighted by atomic mass is 16.5. The summed E-state index contributed by atoms with van der Waals surface area (Å²) in [5.41, 5.74) is 2.18. The molecule has 1 fully saturated rings. The van der Waals surface area contributed by atoms with Crippen LogP contribution in [-0.2, 0) is 5.60 Å². The van der Waals surface area contributed by atoms with E-state index < -0.39 is 0 Å². The lowest BCUT2D eigenvalue weighted by molar-refractivity contribution is 0.0520. The molecule has 3 nitrogen and oxygen atoms in total. The van der Waals surface area contributed by atoms with E-state index in [-0.39, 0.29) is 5.60 Å². The Labute approximate surface area is 126 Å². The van der Waals surface area contributed by atoms with Crippen molar-refractivity contribution < 1.29 is 4.74 Å². The van der Waals surface area contributed by atoms with Gasteiger partial charge in [0.1, 0.15) is 11.4 Å². The molecule has 110 valence electrons. The fourth-order valence-corrected chi connectivity index (χ4v) is 3.62. The molecule has 1 aromatic carbocycles. The Balaban J connectivity index is 1.64. The van der Waals surface area contributed by atoms with Gasteiger partial charge in [-0.05, 0) is 57.1 Å². The highest BCUT2D eigenvalue weighted by Gasteiger charge is 2.37. The number of rotatable bonds is 3. The number of hydrogen-bond acceptors (Lipinski definition) is 2. The number of hydrogen-bond donors (Lipinski definition) is 0. The molecule has 1 saturated heterocycles. The van der Waals surface area contributed by atoms with Crippen molar-refractivity contribution in [1.82, 2.24) is 9.47 Å². The van der Waals surface area contributed by atoms with E-state index in [2.05, 4.69) is 52.9 Å². The van der Waals surface area contributed by atoms with Crippen LogP contribution in [0.5, 0.6) is 5.75 Å². The zero-order valence-electron chi connectivity index (χ0n) is 12.6. The molecule has 2 aliphatic rings. The minimum atomic E-state index is -0.236. The Morgan fingerprint density at radius 2 is 1.90 bits per heavy atom. The van der Waals surface area contributed by atoms with Crippen LogP contribution in [0.2, 0.25) is 0 Å². The maximum Gasteiger partial charge on any atom is 0.148 e. The first-order chi connectivity index (χ1) is 10.3. The van der Waals surface area contributed by atoms with E-state index in [4.69, 9.17) is 4.74 Å². The Bertz CT molecular complexity index is 642. The van der Waals surface area contributed by atoms with Gasteiger partial charge in [0.15, 0.2) is 0 Å². The first-order valence-corrected chi connectivity index (χ1v) is 7.95. The van der Waals surface area contributed by atoms with Gasteiger partial charge in [0.05, 0.1) is 11.4 Å². The summed E-state index contributed by atoms with van der Waals surface area (Å²) in [6, 6.07) is 12.6. The summed E-state index contributed by atoms with van der Waals surface area (Å²) in [7, 11) is 0. The number of aromatic nitrogens is 1. The van der Waals surface area contributed by atoms with Gasteiger partial charge in [-0.25, -0.2) is 0 Å². The van der Waals surface area contributed by atoms with Crippen LogP contribution in [0.3, 0.4) is 0 Å². The second-order valence-electron chi connectivity index (χ2n) is 6.36. The van der Waals surface area contributed by atoms with Crippen LogP contribution in [0.4, 0.5) is 0 Å². The lowest BCUT2D eigenvalue weighted by atomic mass is 9.95.